The zero-order valence-electron chi connectivity index (χ0n) is 14.0. The largest absolute Gasteiger partial charge is 0.490 e. The van der Waals surface area contributed by atoms with Gasteiger partial charge in [0.2, 0.25) is 0 Å². The summed E-state index contributed by atoms with van der Waals surface area (Å²) in [7, 11) is 1.48. The average molecular weight is 360 g/mol. The normalized spacial score (nSPS) is 13.0. The Hall–Kier alpha value is -3.36. The van der Waals surface area contributed by atoms with Gasteiger partial charge in [0, 0.05) is 25.1 Å². The highest BCUT2D eigenvalue weighted by atomic mass is 16.6. The molecule has 136 valence electrons. The summed E-state index contributed by atoms with van der Waals surface area (Å²) < 4.78 is 17.3. The maximum Gasteiger partial charge on any atom is 0.355 e. The van der Waals surface area contributed by atoms with Crippen molar-refractivity contribution in [2.24, 2.45) is 7.05 Å². The molecule has 1 aliphatic heterocycles. The number of fused-ring (bicyclic) bond motifs is 1. The second-order valence-electron chi connectivity index (χ2n) is 5.66. The Morgan fingerprint density at radius 2 is 1.96 bits per heavy atom. The SMILES string of the molecule is Cn1cc([N+](=O)[O-])cc1C(=O)OCC(=O)c1ccc2c(c1)OCCCO2. The Morgan fingerprint density at radius 3 is 2.65 bits per heavy atom. The molecule has 0 bridgehead atoms. The van der Waals surface area contributed by atoms with Crippen molar-refractivity contribution >= 4 is 17.4 Å². The second-order valence-corrected chi connectivity index (χ2v) is 5.66. The van der Waals surface area contributed by atoms with E-state index < -0.39 is 23.3 Å². The van der Waals surface area contributed by atoms with E-state index in [1.807, 2.05) is 0 Å². The first-order valence-corrected chi connectivity index (χ1v) is 7.86. The number of esters is 1. The van der Waals surface area contributed by atoms with E-state index in [2.05, 4.69) is 0 Å². The summed E-state index contributed by atoms with van der Waals surface area (Å²) in [5.41, 5.74) is 0.0803. The number of ketones is 1. The third-order valence-electron chi connectivity index (χ3n) is 3.81. The number of aromatic nitrogens is 1. The number of Topliss-reactive ketones (excluding diaryl/α,β-unsaturated/α-hetero) is 1. The number of ether oxygens (including phenoxy) is 3. The number of hydrogen-bond acceptors (Lipinski definition) is 7. The average Bonchev–Trinajstić information content (AvgIpc) is 2.87. The minimum absolute atomic E-state index is 0.0110. The van der Waals surface area contributed by atoms with Crippen molar-refractivity contribution < 1.29 is 28.7 Å². The van der Waals surface area contributed by atoms with Crippen LogP contribution in [-0.2, 0) is 11.8 Å². The fourth-order valence-electron chi connectivity index (χ4n) is 2.47. The maximum atomic E-state index is 12.3. The molecule has 9 heteroatoms. The molecule has 0 radical (unpaired) electrons. The zero-order valence-corrected chi connectivity index (χ0v) is 14.0. The van der Waals surface area contributed by atoms with Gasteiger partial charge in [-0.1, -0.05) is 0 Å². The highest BCUT2D eigenvalue weighted by Gasteiger charge is 2.20. The number of nitro groups is 1. The standard InChI is InChI=1S/C17H16N2O7/c1-18-9-12(19(22)23)8-13(18)17(21)26-10-14(20)11-3-4-15-16(7-11)25-6-2-5-24-15/h3-4,7-9H,2,5-6,10H2,1H3. The van der Waals surface area contributed by atoms with Gasteiger partial charge in [0.1, 0.15) is 5.69 Å². The molecular formula is C17H16N2O7. The maximum absolute atomic E-state index is 12.3. The molecule has 0 N–H and O–H groups in total. The molecule has 0 saturated carbocycles. The van der Waals surface area contributed by atoms with Crippen LogP contribution in [0.5, 0.6) is 11.5 Å². The number of carbonyl (C=O) groups is 2. The van der Waals surface area contributed by atoms with Crippen LogP contribution in [0, 0.1) is 10.1 Å². The molecule has 0 atom stereocenters. The van der Waals surface area contributed by atoms with E-state index >= 15 is 0 Å². The van der Waals surface area contributed by atoms with Gasteiger partial charge in [0.15, 0.2) is 23.9 Å². The third-order valence-corrected chi connectivity index (χ3v) is 3.81. The van der Waals surface area contributed by atoms with Crippen molar-refractivity contribution in [1.29, 1.82) is 0 Å². The molecule has 0 fully saturated rings. The molecule has 0 spiro atoms. The van der Waals surface area contributed by atoms with E-state index in [-0.39, 0.29) is 11.4 Å². The smallest absolute Gasteiger partial charge is 0.355 e. The van der Waals surface area contributed by atoms with Crippen LogP contribution in [-0.4, -0.2) is 41.1 Å². The Morgan fingerprint density at radius 1 is 1.23 bits per heavy atom. The molecule has 0 saturated heterocycles. The predicted molar refractivity (Wildman–Crippen MR) is 88.7 cm³/mol. The van der Waals surface area contributed by atoms with E-state index in [4.69, 9.17) is 14.2 Å². The number of rotatable bonds is 5. The van der Waals surface area contributed by atoms with Crippen LogP contribution in [0.3, 0.4) is 0 Å². The van der Waals surface area contributed by atoms with Gasteiger partial charge in [-0.2, -0.15) is 0 Å². The fraction of sp³-hybridized carbons (Fsp3) is 0.294. The number of carbonyl (C=O) groups excluding carboxylic acids is 2. The molecule has 26 heavy (non-hydrogen) atoms. The zero-order chi connectivity index (χ0) is 18.7. The first-order chi connectivity index (χ1) is 12.5. The molecule has 1 aromatic carbocycles. The summed E-state index contributed by atoms with van der Waals surface area (Å²) in [5, 5.41) is 10.7. The molecule has 2 aromatic rings. The molecule has 2 heterocycles. The van der Waals surface area contributed by atoms with Crippen molar-refractivity contribution in [3.63, 3.8) is 0 Å². The van der Waals surface area contributed by atoms with Gasteiger partial charge in [0.05, 0.1) is 24.3 Å². The van der Waals surface area contributed by atoms with Gasteiger partial charge in [-0.3, -0.25) is 14.9 Å². The van der Waals surface area contributed by atoms with E-state index in [0.29, 0.717) is 30.3 Å². The number of aryl methyl sites for hydroxylation is 1. The van der Waals surface area contributed by atoms with Gasteiger partial charge in [-0.05, 0) is 18.2 Å². The fourth-order valence-corrected chi connectivity index (χ4v) is 2.47. The molecule has 1 aromatic heterocycles. The van der Waals surface area contributed by atoms with Crippen molar-refractivity contribution in [2.75, 3.05) is 19.8 Å². The monoisotopic (exact) mass is 360 g/mol. The summed E-state index contributed by atoms with van der Waals surface area (Å²) in [6.07, 6.45) is 1.95. The van der Waals surface area contributed by atoms with Crippen LogP contribution < -0.4 is 9.47 Å². The van der Waals surface area contributed by atoms with E-state index in [1.165, 1.54) is 17.8 Å². The molecule has 3 rings (SSSR count). The van der Waals surface area contributed by atoms with E-state index in [9.17, 15) is 19.7 Å². The third kappa shape index (κ3) is 3.66. The summed E-state index contributed by atoms with van der Waals surface area (Å²) in [6, 6.07) is 5.85. The minimum Gasteiger partial charge on any atom is -0.490 e. The van der Waals surface area contributed by atoms with Crippen LogP contribution in [0.2, 0.25) is 0 Å². The first kappa shape index (κ1) is 17.5. The van der Waals surface area contributed by atoms with Gasteiger partial charge in [-0.15, -0.1) is 0 Å². The Kier molecular flexibility index (Phi) is 4.87. The van der Waals surface area contributed by atoms with Crippen LogP contribution in [0.1, 0.15) is 27.3 Å². The molecular weight excluding hydrogens is 344 g/mol. The molecule has 1 aliphatic rings. The van der Waals surface area contributed by atoms with Gasteiger partial charge in [-0.25, -0.2) is 4.79 Å². The highest BCUT2D eigenvalue weighted by molar-refractivity contribution is 5.99. The number of hydrogen-bond donors (Lipinski definition) is 0. The Bertz CT molecular complexity index is 872. The van der Waals surface area contributed by atoms with Crippen molar-refractivity contribution in [3.05, 3.63) is 51.8 Å². The van der Waals surface area contributed by atoms with Crippen LogP contribution in [0.15, 0.2) is 30.5 Å². The molecule has 9 nitrogen and oxygen atoms in total. The Balaban J connectivity index is 1.66. The van der Waals surface area contributed by atoms with E-state index in [0.717, 1.165) is 12.5 Å². The second kappa shape index (κ2) is 7.26. The van der Waals surface area contributed by atoms with Crippen molar-refractivity contribution in [3.8, 4) is 11.5 Å². The van der Waals surface area contributed by atoms with Gasteiger partial charge in [0.25, 0.3) is 5.69 Å². The van der Waals surface area contributed by atoms with Crippen molar-refractivity contribution in [1.82, 2.24) is 4.57 Å². The van der Waals surface area contributed by atoms with Crippen LogP contribution in [0.25, 0.3) is 0 Å². The van der Waals surface area contributed by atoms with Crippen molar-refractivity contribution in [2.45, 2.75) is 6.42 Å². The first-order valence-electron chi connectivity index (χ1n) is 7.86. The quantitative estimate of drug-likeness (QED) is 0.348. The lowest BCUT2D eigenvalue weighted by Crippen LogP contribution is -2.16. The number of benzene rings is 1. The Labute approximate surface area is 148 Å². The predicted octanol–water partition coefficient (Wildman–Crippen LogP) is 2.13. The van der Waals surface area contributed by atoms with Crippen LogP contribution >= 0.6 is 0 Å². The summed E-state index contributed by atoms with van der Waals surface area (Å²) >= 11 is 0. The minimum atomic E-state index is -0.816. The van der Waals surface area contributed by atoms with Gasteiger partial charge >= 0.3 is 5.97 Å². The highest BCUT2D eigenvalue weighted by Crippen LogP contribution is 2.30. The molecule has 0 unspecified atom stereocenters. The summed E-state index contributed by atoms with van der Waals surface area (Å²) in [6.45, 7) is 0.546. The molecule has 0 amide bonds. The van der Waals surface area contributed by atoms with E-state index in [1.54, 1.807) is 18.2 Å². The summed E-state index contributed by atoms with van der Waals surface area (Å²) in [5.74, 6) is -0.203. The van der Waals surface area contributed by atoms with Gasteiger partial charge < -0.3 is 18.8 Å². The topological polar surface area (TPSA) is 110 Å². The lowest BCUT2D eigenvalue weighted by atomic mass is 10.1. The van der Waals surface area contributed by atoms with Crippen LogP contribution in [0.4, 0.5) is 5.69 Å². The molecule has 0 aliphatic carbocycles. The summed E-state index contributed by atoms with van der Waals surface area (Å²) in [4.78, 5) is 34.4. The lowest BCUT2D eigenvalue weighted by molar-refractivity contribution is -0.384. The number of nitrogens with zero attached hydrogens (tertiary/aromatic N) is 2. The lowest BCUT2D eigenvalue weighted by Gasteiger charge is -2.09.